The number of esters is 1. The number of hydrogen-bond acceptors (Lipinski definition) is 4. The van der Waals surface area contributed by atoms with E-state index in [9.17, 15) is 4.79 Å². The molecule has 0 unspecified atom stereocenters. The first-order valence-electron chi connectivity index (χ1n) is 5.90. The normalized spacial score (nSPS) is 11.3. The third-order valence-corrected chi connectivity index (χ3v) is 2.40. The van der Waals surface area contributed by atoms with Crippen molar-refractivity contribution in [2.24, 2.45) is 0 Å². The number of carbonyl (C=O) groups is 1. The maximum atomic E-state index is 11.3. The maximum Gasteiger partial charge on any atom is 0.306 e. The highest BCUT2D eigenvalue weighted by Crippen LogP contribution is 2.23. The molecule has 4 heteroatoms. The van der Waals surface area contributed by atoms with E-state index < -0.39 is 0 Å². The van der Waals surface area contributed by atoms with E-state index in [4.69, 9.17) is 4.74 Å². The van der Waals surface area contributed by atoms with Crippen molar-refractivity contribution in [1.29, 1.82) is 0 Å². The van der Waals surface area contributed by atoms with Crippen LogP contribution in [-0.2, 0) is 21.4 Å². The third kappa shape index (κ3) is 4.13. The van der Waals surface area contributed by atoms with Crippen molar-refractivity contribution in [3.63, 3.8) is 0 Å². The minimum Gasteiger partial charge on any atom is -0.466 e. The van der Waals surface area contributed by atoms with Crippen LogP contribution in [0.1, 0.15) is 45.4 Å². The van der Waals surface area contributed by atoms with Crippen molar-refractivity contribution in [3.05, 3.63) is 23.8 Å². The smallest absolute Gasteiger partial charge is 0.306 e. The van der Waals surface area contributed by atoms with Crippen LogP contribution >= 0.6 is 0 Å². The first kappa shape index (κ1) is 13.6. The lowest BCUT2D eigenvalue weighted by molar-refractivity contribution is -0.143. The maximum absolute atomic E-state index is 11.3. The van der Waals surface area contributed by atoms with Gasteiger partial charge in [-0.05, 0) is 18.9 Å². The molecule has 0 amide bonds. The second-order valence-electron chi connectivity index (χ2n) is 4.95. The van der Waals surface area contributed by atoms with Crippen LogP contribution in [0.3, 0.4) is 0 Å². The average Bonchev–Trinajstić information content (AvgIpc) is 2.26. The third-order valence-electron chi connectivity index (χ3n) is 2.40. The summed E-state index contributed by atoms with van der Waals surface area (Å²) < 4.78 is 4.91. The number of ether oxygens (including phenoxy) is 1. The van der Waals surface area contributed by atoms with Gasteiger partial charge in [-0.3, -0.25) is 4.79 Å². The molecule has 0 spiro atoms. The van der Waals surface area contributed by atoms with Gasteiger partial charge in [-0.15, -0.1) is 0 Å². The van der Waals surface area contributed by atoms with Gasteiger partial charge < -0.3 is 4.74 Å². The summed E-state index contributed by atoms with van der Waals surface area (Å²) in [4.78, 5) is 19.6. The minimum absolute atomic E-state index is 0.0348. The Kier molecular flexibility index (Phi) is 4.61. The zero-order chi connectivity index (χ0) is 12.9. The largest absolute Gasteiger partial charge is 0.466 e. The fourth-order valence-electron chi connectivity index (χ4n) is 1.69. The quantitative estimate of drug-likeness (QED) is 0.752. The predicted octanol–water partition coefficient (Wildman–Crippen LogP) is 2.27. The van der Waals surface area contributed by atoms with Gasteiger partial charge in [0.05, 0.1) is 12.3 Å². The van der Waals surface area contributed by atoms with Gasteiger partial charge in [0.25, 0.3) is 0 Å². The standard InChI is InChI=1S/C13H20N2O2/c1-5-17-11(16)7-6-10-8-14-9-15-12(10)13(2,3)4/h8-9H,5-7H2,1-4H3. The van der Waals surface area contributed by atoms with E-state index in [1.165, 1.54) is 0 Å². The lowest BCUT2D eigenvalue weighted by atomic mass is 9.88. The summed E-state index contributed by atoms with van der Waals surface area (Å²) >= 11 is 0. The van der Waals surface area contributed by atoms with Crippen LogP contribution < -0.4 is 0 Å². The molecular formula is C13H20N2O2. The van der Waals surface area contributed by atoms with Crippen LogP contribution in [0.25, 0.3) is 0 Å². The second kappa shape index (κ2) is 5.75. The summed E-state index contributed by atoms with van der Waals surface area (Å²) in [7, 11) is 0. The van der Waals surface area contributed by atoms with Crippen LogP contribution in [-0.4, -0.2) is 22.5 Å². The van der Waals surface area contributed by atoms with Crippen molar-refractivity contribution in [2.75, 3.05) is 6.61 Å². The number of carbonyl (C=O) groups excluding carboxylic acids is 1. The molecule has 94 valence electrons. The molecule has 1 rings (SSSR count). The van der Waals surface area contributed by atoms with Crippen LogP contribution in [0.5, 0.6) is 0 Å². The number of nitrogens with zero attached hydrogens (tertiary/aromatic N) is 2. The molecule has 0 atom stereocenters. The van der Waals surface area contributed by atoms with Crippen molar-refractivity contribution >= 4 is 5.97 Å². The molecule has 0 aliphatic rings. The summed E-state index contributed by atoms with van der Waals surface area (Å²) in [6.45, 7) is 8.54. The lowest BCUT2D eigenvalue weighted by Crippen LogP contribution is -2.17. The van der Waals surface area contributed by atoms with Crippen LogP contribution in [0.15, 0.2) is 12.5 Å². The van der Waals surface area contributed by atoms with Crippen LogP contribution in [0.2, 0.25) is 0 Å². The molecule has 0 fully saturated rings. The highest BCUT2D eigenvalue weighted by atomic mass is 16.5. The average molecular weight is 236 g/mol. The SMILES string of the molecule is CCOC(=O)CCc1cncnc1C(C)(C)C. The highest BCUT2D eigenvalue weighted by molar-refractivity contribution is 5.69. The molecule has 0 aliphatic heterocycles. The molecular weight excluding hydrogens is 216 g/mol. The Hall–Kier alpha value is -1.45. The number of hydrogen-bond donors (Lipinski definition) is 0. The summed E-state index contributed by atoms with van der Waals surface area (Å²) in [6, 6.07) is 0. The van der Waals surface area contributed by atoms with Gasteiger partial charge in [0.15, 0.2) is 0 Å². The van der Waals surface area contributed by atoms with Gasteiger partial charge in [-0.1, -0.05) is 20.8 Å². The van der Waals surface area contributed by atoms with E-state index in [1.807, 2.05) is 6.92 Å². The molecule has 0 radical (unpaired) electrons. The fraction of sp³-hybridized carbons (Fsp3) is 0.615. The Bertz CT molecular complexity index is 383. The summed E-state index contributed by atoms with van der Waals surface area (Å²) in [5.41, 5.74) is 1.98. The molecule has 0 bridgehead atoms. The van der Waals surface area contributed by atoms with Gasteiger partial charge in [0.1, 0.15) is 6.33 Å². The molecule has 4 nitrogen and oxygen atoms in total. The van der Waals surface area contributed by atoms with E-state index in [-0.39, 0.29) is 11.4 Å². The molecule has 1 heterocycles. The van der Waals surface area contributed by atoms with Crippen molar-refractivity contribution in [3.8, 4) is 0 Å². The van der Waals surface area contributed by atoms with Gasteiger partial charge in [-0.25, -0.2) is 9.97 Å². The Morgan fingerprint density at radius 2 is 2.12 bits per heavy atom. The summed E-state index contributed by atoms with van der Waals surface area (Å²) in [5, 5.41) is 0. The molecule has 0 saturated carbocycles. The van der Waals surface area contributed by atoms with E-state index in [1.54, 1.807) is 12.5 Å². The molecule has 0 N–H and O–H groups in total. The Balaban J connectivity index is 2.74. The molecule has 17 heavy (non-hydrogen) atoms. The van der Waals surface area contributed by atoms with E-state index in [0.717, 1.165) is 11.3 Å². The zero-order valence-electron chi connectivity index (χ0n) is 11.0. The van der Waals surface area contributed by atoms with Gasteiger partial charge in [0.2, 0.25) is 0 Å². The highest BCUT2D eigenvalue weighted by Gasteiger charge is 2.19. The summed E-state index contributed by atoms with van der Waals surface area (Å²) in [5.74, 6) is -0.170. The number of aromatic nitrogens is 2. The van der Waals surface area contributed by atoms with E-state index in [0.29, 0.717) is 19.4 Å². The van der Waals surface area contributed by atoms with Crippen molar-refractivity contribution < 1.29 is 9.53 Å². The van der Waals surface area contributed by atoms with Gasteiger partial charge >= 0.3 is 5.97 Å². The first-order chi connectivity index (χ1) is 7.95. The predicted molar refractivity (Wildman–Crippen MR) is 65.7 cm³/mol. The minimum atomic E-state index is -0.170. The fourth-order valence-corrected chi connectivity index (χ4v) is 1.69. The molecule has 1 aromatic rings. The van der Waals surface area contributed by atoms with E-state index >= 15 is 0 Å². The lowest BCUT2D eigenvalue weighted by Gasteiger charge is -2.20. The first-order valence-corrected chi connectivity index (χ1v) is 5.90. The Morgan fingerprint density at radius 1 is 1.41 bits per heavy atom. The van der Waals surface area contributed by atoms with Crippen molar-refractivity contribution in [2.45, 2.75) is 46.0 Å². The number of rotatable bonds is 4. The summed E-state index contributed by atoms with van der Waals surface area (Å²) in [6.07, 6.45) is 4.35. The molecule has 0 saturated heterocycles. The van der Waals surface area contributed by atoms with Crippen molar-refractivity contribution in [1.82, 2.24) is 9.97 Å². The van der Waals surface area contributed by atoms with Crippen LogP contribution in [0, 0.1) is 0 Å². The van der Waals surface area contributed by atoms with Crippen LogP contribution in [0.4, 0.5) is 0 Å². The van der Waals surface area contributed by atoms with Gasteiger partial charge in [0, 0.05) is 18.0 Å². The Labute approximate surface area is 102 Å². The molecule has 1 aromatic heterocycles. The topological polar surface area (TPSA) is 52.1 Å². The van der Waals surface area contributed by atoms with Gasteiger partial charge in [-0.2, -0.15) is 0 Å². The molecule has 0 aromatic carbocycles. The monoisotopic (exact) mass is 236 g/mol. The Morgan fingerprint density at radius 3 is 2.71 bits per heavy atom. The zero-order valence-corrected chi connectivity index (χ0v) is 11.0. The number of aryl methyl sites for hydroxylation is 1. The second-order valence-corrected chi connectivity index (χ2v) is 4.95. The molecule has 0 aliphatic carbocycles. The van der Waals surface area contributed by atoms with E-state index in [2.05, 4.69) is 30.7 Å².